The Labute approximate surface area is 144 Å². The van der Waals surface area contributed by atoms with E-state index in [0.717, 1.165) is 22.6 Å². The van der Waals surface area contributed by atoms with Crippen LogP contribution in [0.2, 0.25) is 0 Å². The minimum absolute atomic E-state index is 0.287. The van der Waals surface area contributed by atoms with Crippen LogP contribution in [0.5, 0.6) is 0 Å². The van der Waals surface area contributed by atoms with Crippen molar-refractivity contribution in [1.82, 2.24) is 30.1 Å². The lowest BCUT2D eigenvalue weighted by Crippen LogP contribution is -2.24. The molecule has 0 saturated heterocycles. The molecule has 3 heterocycles. The number of nitrogens with zero attached hydrogens (tertiary/aromatic N) is 5. The molecule has 7 heteroatoms. The Morgan fingerprint density at radius 1 is 1.08 bits per heavy atom. The minimum atomic E-state index is 0.287. The quantitative estimate of drug-likeness (QED) is 0.604. The number of fused-ring (bicyclic) bond motifs is 1. The van der Waals surface area contributed by atoms with E-state index in [1.165, 1.54) is 0 Å². The van der Waals surface area contributed by atoms with Crippen LogP contribution in [0.1, 0.15) is 12.7 Å². The SMILES string of the molecule is CNC(C)Cc1noc(-c2ccc3nnc(-c4ccccc4)n3c2)n1. The lowest BCUT2D eigenvalue weighted by molar-refractivity contribution is 0.418. The maximum atomic E-state index is 5.42. The summed E-state index contributed by atoms with van der Waals surface area (Å²) in [6, 6.07) is 14.0. The number of nitrogens with one attached hydrogen (secondary N) is 1. The van der Waals surface area contributed by atoms with Crippen LogP contribution in [0.4, 0.5) is 0 Å². The van der Waals surface area contributed by atoms with Gasteiger partial charge in [0.1, 0.15) is 0 Å². The van der Waals surface area contributed by atoms with Crippen molar-refractivity contribution in [3.63, 3.8) is 0 Å². The lowest BCUT2D eigenvalue weighted by atomic mass is 10.2. The van der Waals surface area contributed by atoms with Gasteiger partial charge in [0.25, 0.3) is 5.89 Å². The molecule has 0 aliphatic rings. The molecule has 1 N–H and O–H groups in total. The van der Waals surface area contributed by atoms with Gasteiger partial charge in [0.2, 0.25) is 0 Å². The summed E-state index contributed by atoms with van der Waals surface area (Å²) in [4.78, 5) is 4.49. The molecule has 3 aromatic heterocycles. The van der Waals surface area contributed by atoms with Crippen molar-refractivity contribution in [2.75, 3.05) is 7.05 Å². The second-order valence-corrected chi connectivity index (χ2v) is 5.95. The van der Waals surface area contributed by atoms with Crippen molar-refractivity contribution in [1.29, 1.82) is 0 Å². The van der Waals surface area contributed by atoms with Gasteiger partial charge in [-0.25, -0.2) is 0 Å². The molecule has 0 radical (unpaired) electrons. The van der Waals surface area contributed by atoms with Gasteiger partial charge in [-0.15, -0.1) is 10.2 Å². The molecule has 0 spiro atoms. The fourth-order valence-electron chi connectivity index (χ4n) is 2.63. The van der Waals surface area contributed by atoms with Crippen LogP contribution in [0.15, 0.2) is 53.2 Å². The average Bonchev–Trinajstić information content (AvgIpc) is 3.28. The molecule has 0 fully saturated rings. The van der Waals surface area contributed by atoms with Crippen LogP contribution in [-0.2, 0) is 6.42 Å². The van der Waals surface area contributed by atoms with Crippen LogP contribution in [0.3, 0.4) is 0 Å². The highest BCUT2D eigenvalue weighted by molar-refractivity contribution is 5.63. The van der Waals surface area contributed by atoms with E-state index >= 15 is 0 Å². The predicted molar refractivity (Wildman–Crippen MR) is 93.9 cm³/mol. The van der Waals surface area contributed by atoms with Crippen molar-refractivity contribution in [2.45, 2.75) is 19.4 Å². The average molecular weight is 334 g/mol. The third-order valence-corrected chi connectivity index (χ3v) is 4.13. The number of hydrogen-bond donors (Lipinski definition) is 1. The maximum absolute atomic E-state index is 5.42. The number of benzene rings is 1. The first kappa shape index (κ1) is 15.5. The van der Waals surface area contributed by atoms with Crippen LogP contribution >= 0.6 is 0 Å². The van der Waals surface area contributed by atoms with E-state index in [2.05, 4.69) is 32.6 Å². The maximum Gasteiger partial charge on any atom is 0.259 e. The summed E-state index contributed by atoms with van der Waals surface area (Å²) >= 11 is 0. The third kappa shape index (κ3) is 3.01. The molecule has 0 aliphatic carbocycles. The molecule has 0 saturated carbocycles. The van der Waals surface area contributed by atoms with E-state index < -0.39 is 0 Å². The molecule has 25 heavy (non-hydrogen) atoms. The molecular weight excluding hydrogens is 316 g/mol. The van der Waals surface area contributed by atoms with Crippen molar-refractivity contribution >= 4 is 5.65 Å². The molecule has 126 valence electrons. The summed E-state index contributed by atoms with van der Waals surface area (Å²) in [5.74, 6) is 1.96. The van der Waals surface area contributed by atoms with Gasteiger partial charge in [0.15, 0.2) is 17.3 Å². The van der Waals surface area contributed by atoms with Gasteiger partial charge in [-0.3, -0.25) is 4.40 Å². The number of rotatable bonds is 5. The normalized spacial score (nSPS) is 12.6. The van der Waals surface area contributed by atoms with Gasteiger partial charge >= 0.3 is 0 Å². The Hall–Kier alpha value is -3.06. The number of pyridine rings is 1. The van der Waals surface area contributed by atoms with Crippen LogP contribution in [0, 0.1) is 0 Å². The van der Waals surface area contributed by atoms with Crippen LogP contribution in [-0.4, -0.2) is 37.8 Å². The Balaban J connectivity index is 1.72. The molecule has 0 aliphatic heterocycles. The lowest BCUT2D eigenvalue weighted by Gasteiger charge is -2.04. The number of hydrogen-bond acceptors (Lipinski definition) is 6. The van der Waals surface area contributed by atoms with E-state index in [1.807, 2.05) is 60.1 Å². The summed E-state index contributed by atoms with van der Waals surface area (Å²) in [7, 11) is 1.91. The van der Waals surface area contributed by atoms with E-state index in [9.17, 15) is 0 Å². The molecule has 7 nitrogen and oxygen atoms in total. The van der Waals surface area contributed by atoms with Gasteiger partial charge in [-0.1, -0.05) is 35.5 Å². The zero-order valence-corrected chi connectivity index (χ0v) is 14.0. The fraction of sp³-hybridized carbons (Fsp3) is 0.222. The van der Waals surface area contributed by atoms with Gasteiger partial charge in [0, 0.05) is 24.2 Å². The molecule has 4 rings (SSSR count). The molecule has 0 amide bonds. The number of likely N-dealkylation sites (N-methyl/N-ethyl adjacent to an activating group) is 1. The first-order valence-electron chi connectivity index (χ1n) is 8.15. The molecule has 1 atom stereocenters. The Morgan fingerprint density at radius 3 is 2.72 bits per heavy atom. The Kier molecular flexibility index (Phi) is 3.99. The first-order chi connectivity index (χ1) is 12.2. The van der Waals surface area contributed by atoms with E-state index in [-0.39, 0.29) is 6.04 Å². The predicted octanol–water partition coefficient (Wildman–Crippen LogP) is 2.60. The van der Waals surface area contributed by atoms with Crippen LogP contribution < -0.4 is 5.32 Å². The molecule has 1 unspecified atom stereocenters. The van der Waals surface area contributed by atoms with E-state index in [4.69, 9.17) is 4.52 Å². The second-order valence-electron chi connectivity index (χ2n) is 5.95. The second kappa shape index (κ2) is 6.45. The van der Waals surface area contributed by atoms with Crippen molar-refractivity contribution in [3.05, 3.63) is 54.5 Å². The van der Waals surface area contributed by atoms with Crippen molar-refractivity contribution < 1.29 is 4.52 Å². The molecule has 0 bridgehead atoms. The summed E-state index contributed by atoms with van der Waals surface area (Å²) < 4.78 is 7.36. The molecule has 4 aromatic rings. The molecule has 1 aromatic carbocycles. The summed E-state index contributed by atoms with van der Waals surface area (Å²) in [5.41, 5.74) is 2.60. The zero-order chi connectivity index (χ0) is 17.2. The van der Waals surface area contributed by atoms with Crippen LogP contribution in [0.25, 0.3) is 28.5 Å². The Morgan fingerprint density at radius 2 is 1.92 bits per heavy atom. The van der Waals surface area contributed by atoms with Crippen molar-refractivity contribution in [3.8, 4) is 22.8 Å². The highest BCUT2D eigenvalue weighted by Crippen LogP contribution is 2.22. The summed E-state index contributed by atoms with van der Waals surface area (Å²) in [6.07, 6.45) is 2.64. The van der Waals surface area contributed by atoms with Crippen molar-refractivity contribution in [2.24, 2.45) is 0 Å². The molecular formula is C18H18N6O. The standard InChI is InChI=1S/C18H18N6O/c1-12(19-2)10-15-20-18(25-23-15)14-8-9-16-21-22-17(24(16)11-14)13-6-4-3-5-7-13/h3-9,11-12,19H,10H2,1-2H3. The Bertz CT molecular complexity index is 991. The highest BCUT2D eigenvalue weighted by Gasteiger charge is 2.14. The first-order valence-corrected chi connectivity index (χ1v) is 8.15. The van der Waals surface area contributed by atoms with Gasteiger partial charge in [-0.2, -0.15) is 4.98 Å². The minimum Gasteiger partial charge on any atom is -0.334 e. The van der Waals surface area contributed by atoms with E-state index in [0.29, 0.717) is 18.1 Å². The topological polar surface area (TPSA) is 81.1 Å². The summed E-state index contributed by atoms with van der Waals surface area (Å²) in [5, 5.41) is 15.7. The van der Waals surface area contributed by atoms with Gasteiger partial charge < -0.3 is 9.84 Å². The number of aromatic nitrogens is 5. The van der Waals surface area contributed by atoms with Gasteiger partial charge in [-0.05, 0) is 26.1 Å². The fourth-order valence-corrected chi connectivity index (χ4v) is 2.63. The largest absolute Gasteiger partial charge is 0.334 e. The monoisotopic (exact) mass is 334 g/mol. The van der Waals surface area contributed by atoms with Gasteiger partial charge in [0.05, 0.1) is 5.56 Å². The third-order valence-electron chi connectivity index (χ3n) is 4.13. The highest BCUT2D eigenvalue weighted by atomic mass is 16.5. The summed E-state index contributed by atoms with van der Waals surface area (Å²) in [6.45, 7) is 2.07. The zero-order valence-electron chi connectivity index (χ0n) is 14.0. The smallest absolute Gasteiger partial charge is 0.259 e. The van der Waals surface area contributed by atoms with E-state index in [1.54, 1.807) is 0 Å².